The molecule has 248 valence electrons. The molecule has 0 radical (unpaired) electrons. The van der Waals surface area contributed by atoms with Gasteiger partial charge >= 0.3 is 0 Å². The molecule has 0 aliphatic carbocycles. The van der Waals surface area contributed by atoms with E-state index in [0.717, 1.165) is 25.7 Å². The summed E-state index contributed by atoms with van der Waals surface area (Å²) in [7, 11) is 0. The standard InChI is InChI=1S/C26H51N3O13/c1-2-3-4-5-6-9-18(34)29(12-7-10-25(41,23(27)39)21(37)19(35)16(32)14-30)13-8-11-26(42,24(28)40)22(38)20(36)17(33)15-31/h16-17,19-22,30-33,35-38,41-42H,2-15H2,1H3,(H2,27,39)(H2,28,40)/t16-,17-,19-,20-,21+,22+,25+,26+/m1/s1. The maximum absolute atomic E-state index is 13.0. The molecule has 0 fully saturated rings. The van der Waals surface area contributed by atoms with Gasteiger partial charge < -0.3 is 67.4 Å². The minimum Gasteiger partial charge on any atom is -0.394 e. The summed E-state index contributed by atoms with van der Waals surface area (Å²) in [4.78, 5) is 38.3. The first kappa shape index (κ1) is 40.0. The Kier molecular flexibility index (Phi) is 18.4. The maximum Gasteiger partial charge on any atom is 0.252 e. The molecular formula is C26H51N3O13. The van der Waals surface area contributed by atoms with Crippen molar-refractivity contribution in [1.29, 1.82) is 0 Å². The largest absolute Gasteiger partial charge is 0.394 e. The van der Waals surface area contributed by atoms with Gasteiger partial charge in [-0.05, 0) is 32.1 Å². The molecule has 0 aromatic carbocycles. The number of nitrogens with two attached hydrogens (primary N) is 2. The van der Waals surface area contributed by atoms with E-state index in [-0.39, 0.29) is 38.3 Å². The van der Waals surface area contributed by atoms with E-state index in [2.05, 4.69) is 0 Å². The molecule has 42 heavy (non-hydrogen) atoms. The van der Waals surface area contributed by atoms with Gasteiger partial charge in [-0.25, -0.2) is 0 Å². The van der Waals surface area contributed by atoms with Crippen LogP contribution in [0.25, 0.3) is 0 Å². The van der Waals surface area contributed by atoms with Crippen molar-refractivity contribution in [3.8, 4) is 0 Å². The van der Waals surface area contributed by atoms with Crippen molar-refractivity contribution in [3.63, 3.8) is 0 Å². The monoisotopic (exact) mass is 613 g/mol. The van der Waals surface area contributed by atoms with Crippen molar-refractivity contribution >= 4 is 17.7 Å². The van der Waals surface area contributed by atoms with E-state index in [4.69, 9.17) is 21.7 Å². The summed E-state index contributed by atoms with van der Waals surface area (Å²) in [5, 5.41) is 99.2. The van der Waals surface area contributed by atoms with Gasteiger partial charge in [-0.3, -0.25) is 14.4 Å². The van der Waals surface area contributed by atoms with Crippen molar-refractivity contribution in [3.05, 3.63) is 0 Å². The molecule has 0 aromatic rings. The number of amides is 3. The Morgan fingerprint density at radius 3 is 1.38 bits per heavy atom. The zero-order valence-electron chi connectivity index (χ0n) is 24.2. The van der Waals surface area contributed by atoms with Gasteiger partial charge in [0.25, 0.3) is 11.8 Å². The number of hydrogen-bond donors (Lipinski definition) is 12. The lowest BCUT2D eigenvalue weighted by Gasteiger charge is -2.35. The lowest BCUT2D eigenvalue weighted by atomic mass is 9.85. The Morgan fingerprint density at radius 2 is 1.05 bits per heavy atom. The summed E-state index contributed by atoms with van der Waals surface area (Å²) < 4.78 is 0. The molecule has 0 aliphatic heterocycles. The fraction of sp³-hybridized carbons (Fsp3) is 0.885. The summed E-state index contributed by atoms with van der Waals surface area (Å²) >= 11 is 0. The van der Waals surface area contributed by atoms with Crippen molar-refractivity contribution in [1.82, 2.24) is 4.90 Å². The quantitative estimate of drug-likeness (QED) is 0.0456. The number of carbonyl (C=O) groups excluding carboxylic acids is 3. The number of nitrogens with zero attached hydrogens (tertiary/aromatic N) is 1. The van der Waals surface area contributed by atoms with E-state index in [0.29, 0.717) is 6.42 Å². The Morgan fingerprint density at radius 1 is 0.667 bits per heavy atom. The van der Waals surface area contributed by atoms with Gasteiger partial charge in [-0.1, -0.05) is 32.6 Å². The number of hydrogen-bond acceptors (Lipinski definition) is 13. The van der Waals surface area contributed by atoms with Crippen LogP contribution in [0.5, 0.6) is 0 Å². The highest BCUT2D eigenvalue weighted by molar-refractivity contribution is 5.84. The maximum atomic E-state index is 13.0. The van der Waals surface area contributed by atoms with Crippen LogP contribution in [0, 0.1) is 0 Å². The van der Waals surface area contributed by atoms with Crippen LogP contribution < -0.4 is 11.5 Å². The van der Waals surface area contributed by atoms with Crippen LogP contribution in [0.1, 0.15) is 71.1 Å². The smallest absolute Gasteiger partial charge is 0.252 e. The van der Waals surface area contributed by atoms with Gasteiger partial charge in [0, 0.05) is 19.5 Å². The molecule has 0 aromatic heterocycles. The van der Waals surface area contributed by atoms with E-state index in [1.807, 2.05) is 6.92 Å². The molecule has 0 saturated heterocycles. The minimum atomic E-state index is -2.73. The number of carbonyl (C=O) groups is 3. The van der Waals surface area contributed by atoms with E-state index in [9.17, 15) is 55.2 Å². The molecule has 0 saturated carbocycles. The molecule has 16 nitrogen and oxygen atoms in total. The highest BCUT2D eigenvalue weighted by Gasteiger charge is 2.48. The molecule has 0 rings (SSSR count). The fourth-order valence-corrected chi connectivity index (χ4v) is 4.51. The van der Waals surface area contributed by atoms with Crippen molar-refractivity contribution in [2.24, 2.45) is 11.5 Å². The van der Waals surface area contributed by atoms with Crippen molar-refractivity contribution in [2.45, 2.75) is 119 Å². The second-order valence-corrected chi connectivity index (χ2v) is 10.7. The van der Waals surface area contributed by atoms with Gasteiger partial charge in [0.2, 0.25) is 5.91 Å². The molecule has 3 amide bonds. The Labute approximate surface area is 245 Å². The first-order valence-electron chi connectivity index (χ1n) is 14.2. The van der Waals surface area contributed by atoms with Crippen LogP contribution in [0.15, 0.2) is 0 Å². The number of aliphatic hydroxyl groups is 10. The summed E-state index contributed by atoms with van der Waals surface area (Å²) in [6.07, 6.45) is -9.59. The molecular weight excluding hydrogens is 562 g/mol. The highest BCUT2D eigenvalue weighted by atomic mass is 16.4. The van der Waals surface area contributed by atoms with E-state index in [1.165, 1.54) is 4.90 Å². The molecule has 8 atom stereocenters. The number of aliphatic hydroxyl groups excluding tert-OH is 8. The average molecular weight is 614 g/mol. The lowest BCUT2D eigenvalue weighted by Crippen LogP contribution is -2.60. The van der Waals surface area contributed by atoms with Crippen LogP contribution in [-0.2, 0) is 14.4 Å². The SMILES string of the molecule is CCCCCCCC(=O)N(CCC[C@@](O)(C(N)=O)[C@@H](O)[C@H](O)[C@H](O)CO)CCC[C@@](O)(C(N)=O)[C@@H](O)[C@H](O)[C@H](O)CO. The van der Waals surface area contributed by atoms with E-state index in [1.54, 1.807) is 0 Å². The van der Waals surface area contributed by atoms with Gasteiger partial charge in [0.1, 0.15) is 36.6 Å². The lowest BCUT2D eigenvalue weighted by molar-refractivity contribution is -0.176. The summed E-state index contributed by atoms with van der Waals surface area (Å²) in [6, 6.07) is 0. The minimum absolute atomic E-state index is 0.123. The molecule has 0 bridgehead atoms. The fourth-order valence-electron chi connectivity index (χ4n) is 4.51. The third-order valence-electron chi connectivity index (χ3n) is 7.46. The average Bonchev–Trinajstić information content (AvgIpc) is 2.96. The van der Waals surface area contributed by atoms with Crippen molar-refractivity contribution in [2.75, 3.05) is 26.3 Å². The van der Waals surface area contributed by atoms with Gasteiger partial charge in [0.15, 0.2) is 11.2 Å². The van der Waals surface area contributed by atoms with Crippen LogP contribution in [0.2, 0.25) is 0 Å². The van der Waals surface area contributed by atoms with Gasteiger partial charge in [-0.15, -0.1) is 0 Å². The normalized spacial score (nSPS) is 19.0. The van der Waals surface area contributed by atoms with Crippen LogP contribution >= 0.6 is 0 Å². The Bertz CT molecular complexity index is 770. The van der Waals surface area contributed by atoms with E-state index < -0.39 is 85.7 Å². The van der Waals surface area contributed by atoms with Crippen LogP contribution in [-0.4, -0.2) is 148 Å². The number of unbranched alkanes of at least 4 members (excludes halogenated alkanes) is 4. The first-order valence-corrected chi connectivity index (χ1v) is 14.2. The predicted octanol–water partition coefficient (Wildman–Crippen LogP) is -4.68. The van der Waals surface area contributed by atoms with Crippen LogP contribution in [0.3, 0.4) is 0 Å². The van der Waals surface area contributed by atoms with Crippen molar-refractivity contribution < 1.29 is 65.4 Å². The van der Waals surface area contributed by atoms with E-state index >= 15 is 0 Å². The number of primary amides is 2. The van der Waals surface area contributed by atoms with Gasteiger partial charge in [-0.2, -0.15) is 0 Å². The molecule has 0 heterocycles. The predicted molar refractivity (Wildman–Crippen MR) is 147 cm³/mol. The Hall–Kier alpha value is -1.99. The summed E-state index contributed by atoms with van der Waals surface area (Å²) in [5.41, 5.74) is 5.02. The third-order valence-corrected chi connectivity index (χ3v) is 7.46. The Balaban J connectivity index is 5.66. The summed E-state index contributed by atoms with van der Waals surface area (Å²) in [5.74, 6) is -3.20. The molecule has 0 unspecified atom stereocenters. The topological polar surface area (TPSA) is 309 Å². The summed E-state index contributed by atoms with van der Waals surface area (Å²) in [6.45, 7) is -0.170. The van der Waals surface area contributed by atoms with Crippen LogP contribution in [0.4, 0.5) is 0 Å². The molecule has 16 heteroatoms. The third kappa shape index (κ3) is 11.6. The zero-order chi connectivity index (χ0) is 32.7. The first-order chi connectivity index (χ1) is 19.5. The molecule has 0 aliphatic rings. The molecule has 0 spiro atoms. The zero-order valence-corrected chi connectivity index (χ0v) is 24.2. The molecule has 14 N–H and O–H groups in total. The number of rotatable bonds is 24. The second-order valence-electron chi connectivity index (χ2n) is 10.7. The van der Waals surface area contributed by atoms with Gasteiger partial charge in [0.05, 0.1) is 13.2 Å². The second kappa shape index (κ2) is 19.3. The highest BCUT2D eigenvalue weighted by Crippen LogP contribution is 2.24.